The summed E-state index contributed by atoms with van der Waals surface area (Å²) in [7, 11) is -3.26. The van der Waals surface area contributed by atoms with Crippen molar-refractivity contribution in [2.24, 2.45) is 5.92 Å². The van der Waals surface area contributed by atoms with Gasteiger partial charge in [0.1, 0.15) is 0 Å². The zero-order valence-corrected chi connectivity index (χ0v) is 12.3. The molecule has 1 aliphatic heterocycles. The van der Waals surface area contributed by atoms with Crippen LogP contribution in [0.3, 0.4) is 0 Å². The first-order valence-electron chi connectivity index (χ1n) is 6.85. The first-order chi connectivity index (χ1) is 8.52. The van der Waals surface area contributed by atoms with Crippen LogP contribution in [0.2, 0.25) is 0 Å². The first-order valence-corrected chi connectivity index (χ1v) is 8.29. The molecule has 0 bridgehead atoms. The van der Waals surface area contributed by atoms with E-state index in [9.17, 15) is 8.42 Å². The lowest BCUT2D eigenvalue weighted by molar-refractivity contribution is 0.108. The minimum atomic E-state index is -3.26. The van der Waals surface area contributed by atoms with Crippen LogP contribution in [0.5, 0.6) is 0 Å². The highest BCUT2D eigenvalue weighted by atomic mass is 32.2. The van der Waals surface area contributed by atoms with Crippen LogP contribution >= 0.6 is 0 Å². The largest absolute Gasteiger partial charge is 0.381 e. The second kappa shape index (κ2) is 8.09. The second-order valence-electron chi connectivity index (χ2n) is 5.18. The fourth-order valence-electron chi connectivity index (χ4n) is 1.89. The van der Waals surface area contributed by atoms with Crippen LogP contribution in [0.1, 0.15) is 39.5 Å². The summed E-state index contributed by atoms with van der Waals surface area (Å²) in [6.45, 7) is 7.30. The molecule has 0 aromatic rings. The Morgan fingerprint density at radius 2 is 1.89 bits per heavy atom. The van der Waals surface area contributed by atoms with Crippen molar-refractivity contribution < 1.29 is 13.2 Å². The zero-order chi connectivity index (χ0) is 13.4. The van der Waals surface area contributed by atoms with Crippen molar-refractivity contribution in [3.8, 4) is 0 Å². The van der Waals surface area contributed by atoms with Gasteiger partial charge in [-0.3, -0.25) is 0 Å². The topological polar surface area (TPSA) is 58.6 Å². The molecule has 1 N–H and O–H groups in total. The lowest BCUT2D eigenvalue weighted by Crippen LogP contribution is -2.43. The molecule has 0 aromatic heterocycles. The Labute approximate surface area is 111 Å². The molecule has 0 aliphatic carbocycles. The molecule has 1 heterocycles. The molecular formula is C12H26N2O3S. The highest BCUT2D eigenvalue weighted by Crippen LogP contribution is 2.11. The summed E-state index contributed by atoms with van der Waals surface area (Å²) >= 11 is 0. The van der Waals surface area contributed by atoms with E-state index in [1.165, 1.54) is 0 Å². The molecule has 0 saturated carbocycles. The van der Waals surface area contributed by atoms with Gasteiger partial charge in [0.15, 0.2) is 0 Å². The molecule has 6 heteroatoms. The predicted molar refractivity (Wildman–Crippen MR) is 72.6 cm³/mol. The molecule has 0 unspecified atom stereocenters. The monoisotopic (exact) mass is 278 g/mol. The fraction of sp³-hybridized carbons (Fsp3) is 1.00. The third kappa shape index (κ3) is 6.13. The van der Waals surface area contributed by atoms with Gasteiger partial charge in [0.2, 0.25) is 0 Å². The van der Waals surface area contributed by atoms with Gasteiger partial charge in [-0.15, -0.1) is 0 Å². The molecule has 1 fully saturated rings. The lowest BCUT2D eigenvalue weighted by atomic mass is 10.2. The molecular weight excluding hydrogens is 252 g/mol. The van der Waals surface area contributed by atoms with E-state index in [2.05, 4.69) is 18.6 Å². The number of nitrogens with zero attached hydrogens (tertiary/aromatic N) is 1. The molecule has 1 rings (SSSR count). The van der Waals surface area contributed by atoms with Gasteiger partial charge in [0.05, 0.1) is 0 Å². The molecule has 0 spiro atoms. The Kier molecular flexibility index (Phi) is 7.14. The summed E-state index contributed by atoms with van der Waals surface area (Å²) in [5.74, 6) is 0.523. The molecule has 18 heavy (non-hydrogen) atoms. The van der Waals surface area contributed by atoms with Gasteiger partial charge < -0.3 is 4.74 Å². The van der Waals surface area contributed by atoms with Gasteiger partial charge in [0, 0.05) is 32.8 Å². The third-order valence-electron chi connectivity index (χ3n) is 2.86. The van der Waals surface area contributed by atoms with Crippen LogP contribution < -0.4 is 4.72 Å². The van der Waals surface area contributed by atoms with E-state index in [0.29, 0.717) is 32.2 Å². The van der Waals surface area contributed by atoms with Crippen molar-refractivity contribution in [3.05, 3.63) is 0 Å². The van der Waals surface area contributed by atoms with Gasteiger partial charge in [-0.05, 0) is 25.2 Å². The van der Waals surface area contributed by atoms with Gasteiger partial charge in [-0.2, -0.15) is 12.7 Å². The van der Waals surface area contributed by atoms with E-state index in [0.717, 1.165) is 32.3 Å². The van der Waals surface area contributed by atoms with Gasteiger partial charge in [-0.1, -0.05) is 20.3 Å². The number of rotatable bonds is 8. The Hall–Kier alpha value is -0.170. The Morgan fingerprint density at radius 1 is 1.22 bits per heavy atom. The van der Waals surface area contributed by atoms with Crippen molar-refractivity contribution >= 4 is 10.2 Å². The molecule has 0 aromatic carbocycles. The van der Waals surface area contributed by atoms with Gasteiger partial charge >= 0.3 is 0 Å². The zero-order valence-electron chi connectivity index (χ0n) is 11.5. The van der Waals surface area contributed by atoms with Crippen LogP contribution in [0.4, 0.5) is 0 Å². The average molecular weight is 278 g/mol. The third-order valence-corrected chi connectivity index (χ3v) is 4.47. The quantitative estimate of drug-likeness (QED) is 0.682. The summed E-state index contributed by atoms with van der Waals surface area (Å²) < 4.78 is 33.4. The molecule has 1 saturated heterocycles. The van der Waals surface area contributed by atoms with E-state index in [-0.39, 0.29) is 0 Å². The van der Waals surface area contributed by atoms with Crippen molar-refractivity contribution in [1.29, 1.82) is 0 Å². The molecule has 0 amide bonds. The minimum Gasteiger partial charge on any atom is -0.381 e. The number of piperidine rings is 1. The van der Waals surface area contributed by atoms with Crippen LogP contribution in [0.25, 0.3) is 0 Å². The smallest absolute Gasteiger partial charge is 0.279 e. The number of nitrogens with one attached hydrogen (secondary N) is 1. The van der Waals surface area contributed by atoms with E-state index in [4.69, 9.17) is 4.74 Å². The van der Waals surface area contributed by atoms with Crippen LogP contribution in [-0.2, 0) is 14.9 Å². The highest BCUT2D eigenvalue weighted by Gasteiger charge is 2.22. The maximum absolute atomic E-state index is 11.9. The van der Waals surface area contributed by atoms with E-state index in [1.807, 2.05) is 0 Å². The summed E-state index contributed by atoms with van der Waals surface area (Å²) in [5.41, 5.74) is 0. The molecule has 0 atom stereocenters. The van der Waals surface area contributed by atoms with E-state index in [1.54, 1.807) is 4.31 Å². The Bertz CT molecular complexity index is 311. The summed E-state index contributed by atoms with van der Waals surface area (Å²) in [4.78, 5) is 0. The molecule has 5 nitrogen and oxygen atoms in total. The second-order valence-corrected chi connectivity index (χ2v) is 6.94. The molecule has 108 valence electrons. The minimum absolute atomic E-state index is 0.455. The number of ether oxygens (including phenoxy) is 1. The van der Waals surface area contributed by atoms with Crippen molar-refractivity contribution in [3.63, 3.8) is 0 Å². The maximum Gasteiger partial charge on any atom is 0.279 e. The summed E-state index contributed by atoms with van der Waals surface area (Å²) in [5, 5.41) is 0. The Balaban J connectivity index is 2.13. The normalized spacial score (nSPS) is 18.4. The van der Waals surface area contributed by atoms with Gasteiger partial charge in [0.25, 0.3) is 10.2 Å². The van der Waals surface area contributed by atoms with E-state index >= 15 is 0 Å². The summed E-state index contributed by atoms with van der Waals surface area (Å²) in [6.07, 6.45) is 3.80. The molecule has 0 radical (unpaired) electrons. The van der Waals surface area contributed by atoms with Crippen molar-refractivity contribution in [1.82, 2.24) is 9.03 Å². The number of hydrogen-bond donors (Lipinski definition) is 1. The SMILES string of the molecule is CC(C)COCCCNS(=O)(=O)N1CCCCC1. The number of hydrogen-bond acceptors (Lipinski definition) is 3. The Morgan fingerprint density at radius 3 is 2.50 bits per heavy atom. The van der Waals surface area contributed by atoms with Crippen LogP contribution in [0, 0.1) is 5.92 Å². The van der Waals surface area contributed by atoms with Crippen molar-refractivity contribution in [2.75, 3.05) is 32.8 Å². The lowest BCUT2D eigenvalue weighted by Gasteiger charge is -2.25. The van der Waals surface area contributed by atoms with Crippen LogP contribution in [0.15, 0.2) is 0 Å². The standard InChI is InChI=1S/C12H26N2O3S/c1-12(2)11-17-10-6-7-13-18(15,16)14-8-4-3-5-9-14/h12-13H,3-11H2,1-2H3. The highest BCUT2D eigenvalue weighted by molar-refractivity contribution is 7.87. The summed E-state index contributed by atoms with van der Waals surface area (Å²) in [6, 6.07) is 0. The molecule has 1 aliphatic rings. The maximum atomic E-state index is 11.9. The first kappa shape index (κ1) is 15.9. The predicted octanol–water partition coefficient (Wildman–Crippen LogP) is 1.37. The van der Waals surface area contributed by atoms with Crippen LogP contribution in [-0.4, -0.2) is 45.6 Å². The fourth-order valence-corrected chi connectivity index (χ4v) is 3.21. The van der Waals surface area contributed by atoms with Crippen molar-refractivity contribution in [2.45, 2.75) is 39.5 Å². The average Bonchev–Trinajstić information content (AvgIpc) is 2.34. The van der Waals surface area contributed by atoms with E-state index < -0.39 is 10.2 Å². The van der Waals surface area contributed by atoms with Gasteiger partial charge in [-0.25, -0.2) is 4.72 Å².